The quantitative estimate of drug-likeness (QED) is 0.660. The second-order valence-corrected chi connectivity index (χ2v) is 6.98. The van der Waals surface area contributed by atoms with Crippen LogP contribution in [0.15, 0.2) is 16.6 Å². The van der Waals surface area contributed by atoms with E-state index < -0.39 is 6.72 Å². The summed E-state index contributed by atoms with van der Waals surface area (Å²) < 4.78 is 10.3. The highest BCUT2D eigenvalue weighted by Crippen LogP contribution is 2.46. The van der Waals surface area contributed by atoms with Crippen molar-refractivity contribution in [2.24, 2.45) is 0 Å². The number of rotatable bonds is 3. The summed E-state index contributed by atoms with van der Waals surface area (Å²) in [5, 5.41) is 0.687. The van der Waals surface area contributed by atoms with Crippen molar-refractivity contribution in [3.8, 4) is 5.75 Å². The molecular weight excluding hydrogens is 346 g/mol. The molecule has 0 amide bonds. The van der Waals surface area contributed by atoms with E-state index in [0.29, 0.717) is 9.50 Å². The molecule has 1 unspecified atom stereocenters. The average Bonchev–Trinajstić information content (AvgIpc) is 2.14. The lowest BCUT2D eigenvalue weighted by Crippen LogP contribution is -1.94. The topological polar surface area (TPSA) is 38.7 Å². The lowest BCUT2D eigenvalue weighted by molar-refractivity contribution is 0.313. The van der Waals surface area contributed by atoms with Crippen LogP contribution in [-0.2, 0) is 16.3 Å². The van der Waals surface area contributed by atoms with Crippen molar-refractivity contribution in [3.05, 3.63) is 26.7 Å². The SMILES string of the molecule is COP(O)(=S)Oc1cc(Cl)c(Br)cc1Cl. The fraction of sp³-hybridized carbons (Fsp3) is 0.143. The van der Waals surface area contributed by atoms with Gasteiger partial charge in [-0.25, -0.2) is 0 Å². The van der Waals surface area contributed by atoms with E-state index in [0.717, 1.165) is 0 Å². The lowest BCUT2D eigenvalue weighted by atomic mass is 10.3. The summed E-state index contributed by atoms with van der Waals surface area (Å²) in [5.41, 5.74) is 0. The Bertz CT molecular complexity index is 429. The Morgan fingerprint density at radius 1 is 1.40 bits per heavy atom. The Labute approximate surface area is 111 Å². The Morgan fingerprint density at radius 3 is 2.53 bits per heavy atom. The monoisotopic (exact) mass is 350 g/mol. The summed E-state index contributed by atoms with van der Waals surface area (Å²) in [7, 11) is 1.26. The molecule has 0 aromatic heterocycles. The molecule has 0 radical (unpaired) electrons. The first-order valence-electron chi connectivity index (χ1n) is 3.58. The first kappa shape index (κ1) is 13.7. The first-order chi connectivity index (χ1) is 6.85. The van der Waals surface area contributed by atoms with Crippen LogP contribution >= 0.6 is 45.9 Å². The molecule has 15 heavy (non-hydrogen) atoms. The number of halogens is 3. The van der Waals surface area contributed by atoms with Crippen molar-refractivity contribution < 1.29 is 13.9 Å². The van der Waals surface area contributed by atoms with Crippen LogP contribution in [0.2, 0.25) is 10.0 Å². The zero-order valence-electron chi connectivity index (χ0n) is 7.41. The lowest BCUT2D eigenvalue weighted by Gasteiger charge is -2.15. The van der Waals surface area contributed by atoms with Crippen LogP contribution in [0.1, 0.15) is 0 Å². The Morgan fingerprint density at radius 2 is 2.00 bits per heavy atom. The van der Waals surface area contributed by atoms with Gasteiger partial charge in [-0.2, -0.15) is 0 Å². The van der Waals surface area contributed by atoms with E-state index in [1.165, 1.54) is 13.2 Å². The van der Waals surface area contributed by atoms with Gasteiger partial charge in [0.15, 0.2) is 0 Å². The van der Waals surface area contributed by atoms with Crippen LogP contribution in [0.25, 0.3) is 0 Å². The van der Waals surface area contributed by atoms with E-state index in [1.54, 1.807) is 6.07 Å². The third-order valence-electron chi connectivity index (χ3n) is 1.42. The second-order valence-electron chi connectivity index (χ2n) is 2.44. The third kappa shape index (κ3) is 3.86. The van der Waals surface area contributed by atoms with E-state index in [9.17, 15) is 4.89 Å². The molecule has 0 fully saturated rings. The van der Waals surface area contributed by atoms with Crippen LogP contribution in [-0.4, -0.2) is 12.0 Å². The van der Waals surface area contributed by atoms with Gasteiger partial charge in [0.1, 0.15) is 5.75 Å². The largest absolute Gasteiger partial charge is 0.423 e. The molecule has 0 aliphatic rings. The van der Waals surface area contributed by atoms with Gasteiger partial charge in [-0.1, -0.05) is 23.2 Å². The van der Waals surface area contributed by atoms with Crippen molar-refractivity contribution in [3.63, 3.8) is 0 Å². The second kappa shape index (κ2) is 5.32. The highest BCUT2D eigenvalue weighted by molar-refractivity contribution is 9.10. The summed E-state index contributed by atoms with van der Waals surface area (Å²) in [5.74, 6) is 0.192. The van der Waals surface area contributed by atoms with Gasteiger partial charge in [-0.3, -0.25) is 0 Å². The fourth-order valence-electron chi connectivity index (χ4n) is 0.736. The third-order valence-corrected chi connectivity index (χ3v) is 4.47. The fourth-order valence-corrected chi connectivity index (χ4v) is 2.34. The molecule has 1 aromatic rings. The van der Waals surface area contributed by atoms with Crippen LogP contribution in [0.3, 0.4) is 0 Å². The molecule has 0 heterocycles. The molecule has 8 heteroatoms. The van der Waals surface area contributed by atoms with Gasteiger partial charge in [0.05, 0.1) is 10.0 Å². The minimum Gasteiger partial charge on any atom is -0.423 e. The first-order valence-corrected chi connectivity index (χ1v) is 7.72. The van der Waals surface area contributed by atoms with Gasteiger partial charge < -0.3 is 13.9 Å². The van der Waals surface area contributed by atoms with Crippen LogP contribution in [0, 0.1) is 0 Å². The van der Waals surface area contributed by atoms with E-state index in [-0.39, 0.29) is 10.8 Å². The normalized spacial score (nSPS) is 14.7. The maximum Gasteiger partial charge on any atom is 0.377 e. The van der Waals surface area contributed by atoms with Crippen LogP contribution < -0.4 is 4.52 Å². The van der Waals surface area contributed by atoms with E-state index in [1.807, 2.05) is 0 Å². The standard InChI is InChI=1S/C7H6BrCl2O3PS/c1-12-14(11,15)13-7-3-5(9)4(8)2-6(7)10/h2-3H,1H3,(H,11,15). The predicted molar refractivity (Wildman–Crippen MR) is 68.3 cm³/mol. The van der Waals surface area contributed by atoms with Crippen molar-refractivity contribution in [2.45, 2.75) is 0 Å². The number of hydrogen-bond donors (Lipinski definition) is 1. The summed E-state index contributed by atoms with van der Waals surface area (Å²) in [6.07, 6.45) is 0. The molecule has 1 N–H and O–H groups in total. The molecule has 0 saturated heterocycles. The van der Waals surface area contributed by atoms with E-state index in [4.69, 9.17) is 27.7 Å². The molecule has 0 bridgehead atoms. The molecule has 84 valence electrons. The Balaban J connectivity index is 3.06. The van der Waals surface area contributed by atoms with Gasteiger partial charge in [-0.05, 0) is 22.0 Å². The van der Waals surface area contributed by atoms with Crippen LogP contribution in [0.4, 0.5) is 0 Å². The van der Waals surface area contributed by atoms with Crippen molar-refractivity contribution in [1.29, 1.82) is 0 Å². The molecule has 1 rings (SSSR count). The number of benzene rings is 1. The molecule has 1 aromatic carbocycles. The molecule has 0 saturated carbocycles. The van der Waals surface area contributed by atoms with E-state index in [2.05, 4.69) is 32.3 Å². The molecule has 3 nitrogen and oxygen atoms in total. The van der Waals surface area contributed by atoms with Crippen molar-refractivity contribution in [1.82, 2.24) is 0 Å². The Kier molecular flexibility index (Phi) is 4.86. The number of hydrogen-bond acceptors (Lipinski definition) is 3. The zero-order valence-corrected chi connectivity index (χ0v) is 12.2. The Hall–Kier alpha value is 0.650. The predicted octanol–water partition coefficient (Wildman–Crippen LogP) is 4.00. The maximum atomic E-state index is 9.43. The molecule has 0 spiro atoms. The molecule has 1 atom stereocenters. The highest BCUT2D eigenvalue weighted by Gasteiger charge is 2.17. The molecular formula is C7H6BrCl2O3PS. The summed E-state index contributed by atoms with van der Waals surface area (Å²) in [4.78, 5) is 9.43. The zero-order chi connectivity index (χ0) is 11.6. The average molecular weight is 352 g/mol. The summed E-state index contributed by atoms with van der Waals surface area (Å²) in [6, 6.07) is 2.99. The minimum atomic E-state index is -3.28. The van der Waals surface area contributed by atoms with Gasteiger partial charge in [-0.15, -0.1) is 0 Å². The smallest absolute Gasteiger partial charge is 0.377 e. The van der Waals surface area contributed by atoms with Gasteiger partial charge in [0.25, 0.3) is 0 Å². The van der Waals surface area contributed by atoms with Crippen molar-refractivity contribution >= 4 is 57.7 Å². The minimum absolute atomic E-state index is 0.192. The molecule has 0 aliphatic carbocycles. The van der Waals surface area contributed by atoms with E-state index >= 15 is 0 Å². The summed E-state index contributed by atoms with van der Waals surface area (Å²) >= 11 is 19.5. The van der Waals surface area contributed by atoms with Crippen LogP contribution in [0.5, 0.6) is 5.75 Å². The van der Waals surface area contributed by atoms with Gasteiger partial charge in [0.2, 0.25) is 0 Å². The maximum absolute atomic E-state index is 9.43. The summed E-state index contributed by atoms with van der Waals surface area (Å²) in [6.45, 7) is -3.28. The van der Waals surface area contributed by atoms with Crippen molar-refractivity contribution in [2.75, 3.05) is 7.11 Å². The van der Waals surface area contributed by atoms with Gasteiger partial charge >= 0.3 is 6.72 Å². The van der Waals surface area contributed by atoms with Gasteiger partial charge in [0, 0.05) is 29.5 Å². The molecule has 0 aliphatic heterocycles. The highest BCUT2D eigenvalue weighted by atomic mass is 79.9.